The van der Waals surface area contributed by atoms with Crippen molar-refractivity contribution in [3.8, 4) is 11.3 Å². The topological polar surface area (TPSA) is 54.7 Å². The Morgan fingerprint density at radius 1 is 1.33 bits per heavy atom. The summed E-state index contributed by atoms with van der Waals surface area (Å²) in [6.07, 6.45) is 3.52. The van der Waals surface area contributed by atoms with Crippen molar-refractivity contribution >= 4 is 0 Å². The third-order valence-corrected chi connectivity index (χ3v) is 2.24. The van der Waals surface area contributed by atoms with Crippen molar-refractivity contribution in [1.29, 1.82) is 0 Å². The van der Waals surface area contributed by atoms with Gasteiger partial charge in [-0.1, -0.05) is 36.4 Å². The van der Waals surface area contributed by atoms with Crippen LogP contribution in [0.3, 0.4) is 0 Å². The quantitative estimate of drug-likeness (QED) is 0.745. The number of H-pyrrole nitrogens is 1. The highest BCUT2D eigenvalue weighted by atomic mass is 15.0. The third kappa shape index (κ3) is 1.97. The fourth-order valence-corrected chi connectivity index (χ4v) is 1.38. The number of benzene rings is 1. The Morgan fingerprint density at radius 3 is 2.73 bits per heavy atom. The Kier molecular flexibility index (Phi) is 2.65. The zero-order valence-corrected chi connectivity index (χ0v) is 8.35. The van der Waals surface area contributed by atoms with Crippen LogP contribution in [0.15, 0.2) is 49.2 Å². The van der Waals surface area contributed by atoms with Gasteiger partial charge >= 0.3 is 0 Å². The van der Waals surface area contributed by atoms with Gasteiger partial charge in [-0.2, -0.15) is 0 Å². The summed E-state index contributed by atoms with van der Waals surface area (Å²) in [5, 5.41) is 0. The van der Waals surface area contributed by atoms with Crippen molar-refractivity contribution in [2.75, 3.05) is 0 Å². The van der Waals surface area contributed by atoms with Crippen LogP contribution in [0.2, 0.25) is 0 Å². The molecule has 3 heteroatoms. The molecule has 0 aliphatic heterocycles. The molecule has 1 aromatic heterocycles. The lowest BCUT2D eigenvalue weighted by molar-refractivity contribution is 0.833. The molecule has 1 unspecified atom stereocenters. The van der Waals surface area contributed by atoms with Gasteiger partial charge in [0.1, 0.15) is 5.82 Å². The second kappa shape index (κ2) is 4.11. The molecule has 3 N–H and O–H groups in total. The molecule has 0 saturated heterocycles. The summed E-state index contributed by atoms with van der Waals surface area (Å²) in [6.45, 7) is 3.63. The zero-order valence-electron chi connectivity index (χ0n) is 8.35. The predicted molar refractivity (Wildman–Crippen MR) is 61.1 cm³/mol. The van der Waals surface area contributed by atoms with Crippen molar-refractivity contribution in [2.24, 2.45) is 5.73 Å². The fourth-order valence-electron chi connectivity index (χ4n) is 1.38. The van der Waals surface area contributed by atoms with Crippen LogP contribution < -0.4 is 5.73 Å². The molecule has 0 aliphatic rings. The summed E-state index contributed by atoms with van der Waals surface area (Å²) in [5.41, 5.74) is 7.76. The molecule has 1 heterocycles. The Hall–Kier alpha value is -1.87. The van der Waals surface area contributed by atoms with Crippen molar-refractivity contribution in [1.82, 2.24) is 9.97 Å². The van der Waals surface area contributed by atoms with Gasteiger partial charge in [0, 0.05) is 11.8 Å². The summed E-state index contributed by atoms with van der Waals surface area (Å²) in [5.74, 6) is 0.740. The lowest BCUT2D eigenvalue weighted by Crippen LogP contribution is -2.08. The van der Waals surface area contributed by atoms with E-state index in [1.807, 2.05) is 36.5 Å². The first-order valence-corrected chi connectivity index (χ1v) is 4.80. The van der Waals surface area contributed by atoms with Crippen LogP contribution in [0.1, 0.15) is 11.9 Å². The highest BCUT2D eigenvalue weighted by molar-refractivity contribution is 5.58. The minimum absolute atomic E-state index is 0.234. The van der Waals surface area contributed by atoms with Crippen LogP contribution in [-0.2, 0) is 0 Å². The zero-order chi connectivity index (χ0) is 10.7. The molecule has 1 atom stereocenters. The van der Waals surface area contributed by atoms with Gasteiger partial charge in [-0.05, 0) is 0 Å². The van der Waals surface area contributed by atoms with Gasteiger partial charge in [-0.15, -0.1) is 6.58 Å². The van der Waals surface area contributed by atoms with E-state index in [2.05, 4.69) is 16.5 Å². The minimum Gasteiger partial charge on any atom is -0.346 e. The minimum atomic E-state index is -0.234. The van der Waals surface area contributed by atoms with E-state index in [0.29, 0.717) is 0 Å². The molecule has 2 aromatic rings. The Bertz CT molecular complexity index is 445. The number of aromatic amines is 1. The standard InChI is InChI=1S/C12H13N3/c1-2-10(13)12-14-8-11(15-12)9-6-4-3-5-7-9/h2-8,10H,1,13H2,(H,14,15). The molecule has 0 spiro atoms. The van der Waals surface area contributed by atoms with Crippen molar-refractivity contribution in [2.45, 2.75) is 6.04 Å². The van der Waals surface area contributed by atoms with Crippen LogP contribution in [-0.4, -0.2) is 9.97 Å². The van der Waals surface area contributed by atoms with Crippen LogP contribution >= 0.6 is 0 Å². The van der Waals surface area contributed by atoms with Crippen LogP contribution in [0.4, 0.5) is 0 Å². The van der Waals surface area contributed by atoms with E-state index in [0.717, 1.165) is 17.1 Å². The number of aromatic nitrogens is 2. The molecular weight excluding hydrogens is 186 g/mol. The number of hydrogen-bond acceptors (Lipinski definition) is 2. The Balaban J connectivity index is 2.32. The van der Waals surface area contributed by atoms with Gasteiger partial charge in [-0.25, -0.2) is 4.98 Å². The smallest absolute Gasteiger partial charge is 0.127 e. The van der Waals surface area contributed by atoms with E-state index in [9.17, 15) is 0 Å². The average molecular weight is 199 g/mol. The molecule has 2 rings (SSSR count). The lowest BCUT2D eigenvalue weighted by Gasteiger charge is -1.99. The summed E-state index contributed by atoms with van der Waals surface area (Å²) in [7, 11) is 0. The summed E-state index contributed by atoms with van der Waals surface area (Å²) >= 11 is 0. The van der Waals surface area contributed by atoms with E-state index in [1.54, 1.807) is 6.08 Å². The molecule has 76 valence electrons. The van der Waals surface area contributed by atoms with Crippen molar-refractivity contribution in [3.63, 3.8) is 0 Å². The van der Waals surface area contributed by atoms with E-state index >= 15 is 0 Å². The van der Waals surface area contributed by atoms with Gasteiger partial charge in [0.2, 0.25) is 0 Å². The first kappa shape index (κ1) is 9.68. The van der Waals surface area contributed by atoms with Gasteiger partial charge in [0.15, 0.2) is 0 Å². The largest absolute Gasteiger partial charge is 0.346 e. The summed E-state index contributed by atoms with van der Waals surface area (Å²) < 4.78 is 0. The first-order chi connectivity index (χ1) is 7.31. The van der Waals surface area contributed by atoms with Crippen molar-refractivity contribution in [3.05, 3.63) is 55.0 Å². The number of nitrogens with one attached hydrogen (secondary N) is 1. The van der Waals surface area contributed by atoms with E-state index < -0.39 is 0 Å². The van der Waals surface area contributed by atoms with Gasteiger partial charge < -0.3 is 10.7 Å². The number of hydrogen-bond donors (Lipinski definition) is 2. The van der Waals surface area contributed by atoms with Crippen molar-refractivity contribution < 1.29 is 0 Å². The maximum absolute atomic E-state index is 5.77. The van der Waals surface area contributed by atoms with E-state index in [4.69, 9.17) is 5.73 Å². The molecule has 15 heavy (non-hydrogen) atoms. The second-order valence-electron chi connectivity index (χ2n) is 3.30. The average Bonchev–Trinajstić information content (AvgIpc) is 2.78. The number of rotatable bonds is 3. The summed E-state index contributed by atoms with van der Waals surface area (Å²) in [4.78, 5) is 7.45. The maximum atomic E-state index is 5.77. The van der Waals surface area contributed by atoms with Gasteiger partial charge in [0.05, 0.1) is 11.7 Å². The van der Waals surface area contributed by atoms with Crippen LogP contribution in [0, 0.1) is 0 Å². The molecule has 0 saturated carbocycles. The van der Waals surface area contributed by atoms with Crippen LogP contribution in [0.5, 0.6) is 0 Å². The normalized spacial score (nSPS) is 12.3. The molecule has 0 amide bonds. The molecule has 0 fully saturated rings. The number of nitrogens with zero attached hydrogens (tertiary/aromatic N) is 1. The SMILES string of the molecule is C=CC(N)c1nc(-c2ccccc2)c[nH]1. The summed E-state index contributed by atoms with van der Waals surface area (Å²) in [6, 6.07) is 9.74. The molecule has 0 aliphatic carbocycles. The first-order valence-electron chi connectivity index (χ1n) is 4.80. The van der Waals surface area contributed by atoms with E-state index in [1.165, 1.54) is 0 Å². The molecular formula is C12H13N3. The Labute approximate surface area is 88.7 Å². The van der Waals surface area contributed by atoms with Crippen LogP contribution in [0.25, 0.3) is 11.3 Å². The second-order valence-corrected chi connectivity index (χ2v) is 3.30. The highest BCUT2D eigenvalue weighted by Gasteiger charge is 2.07. The predicted octanol–water partition coefficient (Wildman–Crippen LogP) is 2.26. The Morgan fingerprint density at radius 2 is 2.07 bits per heavy atom. The fraction of sp³-hybridized carbons (Fsp3) is 0.0833. The number of imidazole rings is 1. The molecule has 0 radical (unpaired) electrons. The molecule has 1 aromatic carbocycles. The monoisotopic (exact) mass is 199 g/mol. The van der Waals surface area contributed by atoms with Gasteiger partial charge in [-0.3, -0.25) is 0 Å². The molecule has 3 nitrogen and oxygen atoms in total. The van der Waals surface area contributed by atoms with Gasteiger partial charge in [0.25, 0.3) is 0 Å². The highest BCUT2D eigenvalue weighted by Crippen LogP contribution is 2.18. The lowest BCUT2D eigenvalue weighted by atomic mass is 10.2. The number of nitrogens with two attached hydrogens (primary N) is 1. The maximum Gasteiger partial charge on any atom is 0.127 e. The van der Waals surface area contributed by atoms with E-state index in [-0.39, 0.29) is 6.04 Å². The third-order valence-electron chi connectivity index (χ3n) is 2.24. The molecule has 0 bridgehead atoms.